The number of benzene rings is 1. The molecule has 2 saturated heterocycles. The third-order valence-electron chi connectivity index (χ3n) is 7.50. The Labute approximate surface area is 254 Å². The zero-order valence-electron chi connectivity index (χ0n) is 21.6. The predicted octanol–water partition coefficient (Wildman–Crippen LogP) is 3.37. The zero-order valence-corrected chi connectivity index (χ0v) is 24.8. The van der Waals surface area contributed by atoms with Crippen LogP contribution in [0.3, 0.4) is 0 Å². The van der Waals surface area contributed by atoms with Gasteiger partial charge in [-0.2, -0.15) is 18.4 Å². The van der Waals surface area contributed by atoms with Gasteiger partial charge >= 0.3 is 6.18 Å². The number of rotatable bonds is 8. The van der Waals surface area contributed by atoms with Gasteiger partial charge in [0.25, 0.3) is 0 Å². The number of likely N-dealkylation sites (tertiary alicyclic amines) is 1. The van der Waals surface area contributed by atoms with E-state index in [1.807, 2.05) is 0 Å². The average molecular weight is 693 g/mol. The van der Waals surface area contributed by atoms with Crippen LogP contribution in [-0.2, 0) is 26.2 Å². The van der Waals surface area contributed by atoms with E-state index in [0.29, 0.717) is 17.3 Å². The molecule has 3 aliphatic rings. The Morgan fingerprint density at radius 3 is 2.60 bits per heavy atom. The lowest BCUT2D eigenvalue weighted by Crippen LogP contribution is -2.67. The number of ether oxygens (including phenoxy) is 1. The van der Waals surface area contributed by atoms with E-state index in [1.165, 1.54) is 29.3 Å². The molecule has 0 radical (unpaired) electrons. The van der Waals surface area contributed by atoms with Crippen molar-refractivity contribution in [2.75, 3.05) is 26.2 Å². The van der Waals surface area contributed by atoms with E-state index >= 15 is 4.39 Å². The Balaban J connectivity index is 1.42. The first-order chi connectivity index (χ1) is 19.8. The molecule has 2 amide bonds. The Morgan fingerprint density at radius 2 is 2.05 bits per heavy atom. The van der Waals surface area contributed by atoms with Crippen LogP contribution < -0.4 is 15.4 Å². The fraction of sp³-hybridized carbons (Fsp3) is 0.462. The number of nitrogens with zero attached hydrogens (tertiary/aromatic N) is 3. The second kappa shape index (κ2) is 11.5. The maximum atomic E-state index is 15.0. The smallest absolute Gasteiger partial charge is 0.422 e. The van der Waals surface area contributed by atoms with Gasteiger partial charge in [-0.3, -0.25) is 14.6 Å². The minimum absolute atomic E-state index is 0.0589. The summed E-state index contributed by atoms with van der Waals surface area (Å²) in [6.45, 7) is -1.57. The van der Waals surface area contributed by atoms with Crippen molar-refractivity contribution in [2.24, 2.45) is 0 Å². The summed E-state index contributed by atoms with van der Waals surface area (Å²) in [4.78, 5) is 33.0. The van der Waals surface area contributed by atoms with E-state index < -0.39 is 63.8 Å². The fourth-order valence-corrected chi connectivity index (χ4v) is 7.22. The first-order valence-corrected chi connectivity index (χ1v) is 15.1. The van der Waals surface area contributed by atoms with Crippen LogP contribution in [-0.4, -0.2) is 75.5 Å². The van der Waals surface area contributed by atoms with Crippen LogP contribution in [0.15, 0.2) is 39.8 Å². The maximum Gasteiger partial charge on any atom is 0.422 e. The number of aromatic nitrogens is 1. The second-order valence-corrected chi connectivity index (χ2v) is 13.5. The van der Waals surface area contributed by atoms with E-state index in [0.717, 1.165) is 6.07 Å². The van der Waals surface area contributed by atoms with Crippen LogP contribution in [0.5, 0.6) is 5.75 Å². The average Bonchev–Trinajstić information content (AvgIpc) is 3.52. The highest BCUT2D eigenvalue weighted by Gasteiger charge is 2.57. The van der Waals surface area contributed by atoms with Crippen LogP contribution in [0.25, 0.3) is 0 Å². The summed E-state index contributed by atoms with van der Waals surface area (Å²) in [6.07, 6.45) is -2.35. The van der Waals surface area contributed by atoms with Gasteiger partial charge in [0.2, 0.25) is 11.8 Å². The third kappa shape index (κ3) is 6.05. The summed E-state index contributed by atoms with van der Waals surface area (Å²) >= 11 is 7.51. The van der Waals surface area contributed by atoms with Crippen molar-refractivity contribution in [1.82, 2.24) is 20.5 Å². The number of pyridine rings is 1. The number of amides is 2. The molecule has 2 unspecified atom stereocenters. The summed E-state index contributed by atoms with van der Waals surface area (Å²) in [5.74, 6) is -2.07. The van der Waals surface area contributed by atoms with Gasteiger partial charge in [0.1, 0.15) is 33.8 Å². The molecule has 1 saturated carbocycles. The molecule has 1 aromatic heterocycles. The number of carbonyl (C=O) groups is 2. The standard InChI is InChI=1S/C26H23BrClF4N5O4S/c27-14-5-18(29)21(35-8-14)25(11-34-12-25)23(39)37-9-16(7-19(37)22(38)36-24(10-33)3-4-24)42(40)20-2-1-15(6-17(20)28)41-13-26(30,31)32/h1-2,5-6,8,16,19,34H,3-4,7,9,11-13H2,(H,36,38)/t16?,19-,42?/m0/s1. The highest BCUT2D eigenvalue weighted by Crippen LogP contribution is 2.40. The first-order valence-electron chi connectivity index (χ1n) is 12.7. The Bertz CT molecular complexity index is 1450. The topological polar surface area (TPSA) is 130 Å². The molecule has 1 aromatic carbocycles. The van der Waals surface area contributed by atoms with Gasteiger partial charge in [-0.25, -0.2) is 4.39 Å². The number of carbonyl (C=O) groups excluding carboxylic acids is 2. The number of halogens is 6. The van der Waals surface area contributed by atoms with E-state index in [-0.39, 0.29) is 47.4 Å². The molecule has 0 bridgehead atoms. The Morgan fingerprint density at radius 1 is 1.33 bits per heavy atom. The van der Waals surface area contributed by atoms with Crippen molar-refractivity contribution in [3.63, 3.8) is 0 Å². The third-order valence-corrected chi connectivity index (χ3v) is 10.1. The summed E-state index contributed by atoms with van der Waals surface area (Å²) in [7, 11) is 0. The molecule has 2 aliphatic heterocycles. The van der Waals surface area contributed by atoms with Gasteiger partial charge in [-0.15, -0.1) is 0 Å². The van der Waals surface area contributed by atoms with Gasteiger partial charge in [0, 0.05) is 36.2 Å². The molecule has 16 heteroatoms. The second-order valence-electron chi connectivity index (χ2n) is 10.5. The van der Waals surface area contributed by atoms with E-state index in [2.05, 4.69) is 37.6 Å². The fourth-order valence-electron chi connectivity index (χ4n) is 5.05. The molecular formula is C26H23BrClF4N5O4S. The zero-order chi connectivity index (χ0) is 30.4. The largest absolute Gasteiger partial charge is 0.611 e. The maximum absolute atomic E-state index is 15.0. The normalized spacial score (nSPS) is 23.0. The van der Waals surface area contributed by atoms with Gasteiger partial charge in [-0.05, 0) is 58.1 Å². The molecule has 42 heavy (non-hydrogen) atoms. The van der Waals surface area contributed by atoms with Crippen molar-refractivity contribution >= 4 is 50.5 Å². The monoisotopic (exact) mass is 691 g/mol. The number of alkyl halides is 3. The molecular weight excluding hydrogens is 670 g/mol. The molecule has 2 N–H and O–H groups in total. The van der Waals surface area contributed by atoms with Crippen LogP contribution in [0.2, 0.25) is 5.02 Å². The van der Waals surface area contributed by atoms with Crippen LogP contribution in [0.1, 0.15) is 25.0 Å². The lowest BCUT2D eigenvalue weighted by molar-refractivity contribution is -0.153. The molecule has 224 valence electrons. The van der Waals surface area contributed by atoms with Gasteiger partial charge < -0.3 is 24.8 Å². The minimum Gasteiger partial charge on any atom is -0.611 e. The lowest BCUT2D eigenvalue weighted by Gasteiger charge is -2.43. The molecule has 0 spiro atoms. The van der Waals surface area contributed by atoms with Crippen molar-refractivity contribution in [3.05, 3.63) is 51.5 Å². The Hall–Kier alpha value is -2.64. The van der Waals surface area contributed by atoms with E-state index in [4.69, 9.17) is 16.3 Å². The van der Waals surface area contributed by atoms with E-state index in [1.54, 1.807) is 0 Å². The molecule has 1 aliphatic carbocycles. The molecule has 3 fully saturated rings. The number of nitrogens with one attached hydrogen (secondary N) is 2. The minimum atomic E-state index is -4.56. The van der Waals surface area contributed by atoms with Crippen molar-refractivity contribution < 1.29 is 36.4 Å². The molecule has 2 aromatic rings. The number of hydrogen-bond donors (Lipinski definition) is 2. The van der Waals surface area contributed by atoms with Crippen LogP contribution >= 0.6 is 27.5 Å². The summed E-state index contributed by atoms with van der Waals surface area (Å²) in [6, 6.07) is 5.72. The van der Waals surface area contributed by atoms with Gasteiger partial charge in [0.05, 0.1) is 23.3 Å². The highest BCUT2D eigenvalue weighted by atomic mass is 79.9. The molecule has 5 rings (SSSR count). The quantitative estimate of drug-likeness (QED) is 0.321. The predicted molar refractivity (Wildman–Crippen MR) is 145 cm³/mol. The van der Waals surface area contributed by atoms with E-state index in [9.17, 15) is 32.6 Å². The molecule has 3 atom stereocenters. The molecule has 9 nitrogen and oxygen atoms in total. The summed E-state index contributed by atoms with van der Waals surface area (Å²) in [5.41, 5.74) is -2.54. The SMILES string of the molecule is N#CC1(NC(=O)[C@@H]2CC([S+]([O-])c3ccc(OCC(F)(F)F)cc3Cl)CN2C(=O)C2(c3ncc(Br)cc3F)CNC2)CC1. The van der Waals surface area contributed by atoms with Crippen molar-refractivity contribution in [2.45, 2.75) is 52.6 Å². The Kier molecular flexibility index (Phi) is 8.40. The van der Waals surface area contributed by atoms with Gasteiger partial charge in [0.15, 0.2) is 11.5 Å². The molecule has 3 heterocycles. The highest BCUT2D eigenvalue weighted by molar-refractivity contribution is 9.10. The number of hydrogen-bond acceptors (Lipinski definition) is 7. The van der Waals surface area contributed by atoms with Crippen molar-refractivity contribution in [1.29, 1.82) is 5.26 Å². The summed E-state index contributed by atoms with van der Waals surface area (Å²) < 4.78 is 71.4. The van der Waals surface area contributed by atoms with Crippen LogP contribution in [0, 0.1) is 17.1 Å². The van der Waals surface area contributed by atoms with Crippen molar-refractivity contribution in [3.8, 4) is 11.8 Å². The van der Waals surface area contributed by atoms with Crippen LogP contribution in [0.4, 0.5) is 17.6 Å². The van der Waals surface area contributed by atoms with Gasteiger partial charge in [-0.1, -0.05) is 11.6 Å². The number of nitriles is 1. The lowest BCUT2D eigenvalue weighted by atomic mass is 9.76. The summed E-state index contributed by atoms with van der Waals surface area (Å²) in [5, 5.41) is 14.2. The first kappa shape index (κ1) is 30.8.